The standard InChI is InChI=1S/C21H21FN4O4S3/c1-26(2)33(29,30)18-9-3-14(4-10-18)20(28)25-21-24-17(12-32-21)11-31-13-19(27)23-16-7-5-15(22)6-8-16/h3-10,12H,11,13H2,1-2H3,(H,23,27)(H,24,25,28). The number of carbonyl (C=O) groups is 2. The Balaban J connectivity index is 1.48. The largest absolute Gasteiger partial charge is 0.325 e. The summed E-state index contributed by atoms with van der Waals surface area (Å²) in [5, 5.41) is 7.55. The molecule has 0 fully saturated rings. The maximum atomic E-state index is 12.9. The third kappa shape index (κ3) is 6.84. The Morgan fingerprint density at radius 3 is 2.36 bits per heavy atom. The second-order valence-corrected chi connectivity index (χ2v) is 11.0. The number of hydrogen-bond donors (Lipinski definition) is 2. The van der Waals surface area contributed by atoms with Crippen LogP contribution in [0.25, 0.3) is 0 Å². The normalized spacial score (nSPS) is 11.4. The lowest BCUT2D eigenvalue weighted by atomic mass is 10.2. The number of anilines is 2. The van der Waals surface area contributed by atoms with Crippen LogP contribution in [0.1, 0.15) is 16.1 Å². The molecule has 0 aliphatic rings. The second kappa shape index (κ2) is 10.9. The molecule has 12 heteroatoms. The van der Waals surface area contributed by atoms with Gasteiger partial charge in [-0.2, -0.15) is 0 Å². The van der Waals surface area contributed by atoms with Crippen molar-refractivity contribution in [1.29, 1.82) is 0 Å². The van der Waals surface area contributed by atoms with Crippen LogP contribution in [-0.4, -0.2) is 49.4 Å². The van der Waals surface area contributed by atoms with Gasteiger partial charge < -0.3 is 5.32 Å². The van der Waals surface area contributed by atoms with Crippen LogP contribution in [0.15, 0.2) is 58.8 Å². The number of thioether (sulfide) groups is 1. The fourth-order valence-corrected chi connectivity index (χ4v) is 5.00. The third-order valence-corrected chi connectivity index (χ3v) is 7.88. The molecule has 1 heterocycles. The molecule has 3 rings (SSSR count). The highest BCUT2D eigenvalue weighted by atomic mass is 32.2. The van der Waals surface area contributed by atoms with Gasteiger partial charge in [0.05, 0.1) is 16.3 Å². The van der Waals surface area contributed by atoms with E-state index in [1.807, 2.05) is 0 Å². The quantitative estimate of drug-likeness (QED) is 0.457. The van der Waals surface area contributed by atoms with Gasteiger partial charge in [0.1, 0.15) is 5.82 Å². The molecule has 8 nitrogen and oxygen atoms in total. The molecule has 2 N–H and O–H groups in total. The smallest absolute Gasteiger partial charge is 0.257 e. The molecule has 33 heavy (non-hydrogen) atoms. The summed E-state index contributed by atoms with van der Waals surface area (Å²) in [6.45, 7) is 0. The van der Waals surface area contributed by atoms with Crippen LogP contribution in [0.4, 0.5) is 15.2 Å². The van der Waals surface area contributed by atoms with E-state index in [-0.39, 0.29) is 22.4 Å². The Labute approximate surface area is 199 Å². The maximum Gasteiger partial charge on any atom is 0.257 e. The van der Waals surface area contributed by atoms with Gasteiger partial charge in [-0.3, -0.25) is 14.9 Å². The van der Waals surface area contributed by atoms with Gasteiger partial charge in [0.2, 0.25) is 15.9 Å². The van der Waals surface area contributed by atoms with Crippen molar-refractivity contribution in [2.24, 2.45) is 0 Å². The first-order valence-corrected chi connectivity index (χ1v) is 13.0. The van der Waals surface area contributed by atoms with E-state index in [0.29, 0.717) is 27.8 Å². The lowest BCUT2D eigenvalue weighted by molar-refractivity contribution is -0.113. The number of aromatic nitrogens is 1. The van der Waals surface area contributed by atoms with Crippen molar-refractivity contribution < 1.29 is 22.4 Å². The molecular formula is C21H21FN4O4S3. The van der Waals surface area contributed by atoms with Crippen LogP contribution in [0.2, 0.25) is 0 Å². The van der Waals surface area contributed by atoms with Gasteiger partial charge in [0.15, 0.2) is 5.13 Å². The van der Waals surface area contributed by atoms with E-state index in [0.717, 1.165) is 4.31 Å². The van der Waals surface area contributed by atoms with Gasteiger partial charge in [-0.05, 0) is 48.5 Å². The van der Waals surface area contributed by atoms with Crippen molar-refractivity contribution in [2.75, 3.05) is 30.5 Å². The number of hydrogen-bond acceptors (Lipinski definition) is 7. The van der Waals surface area contributed by atoms with E-state index >= 15 is 0 Å². The fraction of sp³-hybridized carbons (Fsp3) is 0.190. The molecule has 3 aromatic rings. The highest BCUT2D eigenvalue weighted by Crippen LogP contribution is 2.21. The predicted octanol–water partition coefficient (Wildman–Crippen LogP) is 3.66. The van der Waals surface area contributed by atoms with Crippen molar-refractivity contribution in [1.82, 2.24) is 9.29 Å². The number of rotatable bonds is 9. The number of nitrogens with one attached hydrogen (secondary N) is 2. The molecular weight excluding hydrogens is 487 g/mol. The van der Waals surface area contributed by atoms with Gasteiger partial charge in [0, 0.05) is 36.5 Å². The molecule has 2 aromatic carbocycles. The number of carbonyl (C=O) groups excluding carboxylic acids is 2. The van der Waals surface area contributed by atoms with Crippen LogP contribution in [-0.2, 0) is 20.6 Å². The van der Waals surface area contributed by atoms with Gasteiger partial charge in [-0.25, -0.2) is 22.1 Å². The minimum absolute atomic E-state index is 0.0982. The average Bonchev–Trinajstić information content (AvgIpc) is 3.22. The van der Waals surface area contributed by atoms with Crippen molar-refractivity contribution in [2.45, 2.75) is 10.6 Å². The van der Waals surface area contributed by atoms with Crippen molar-refractivity contribution in [3.63, 3.8) is 0 Å². The first kappa shape index (κ1) is 24.8. The zero-order valence-corrected chi connectivity index (χ0v) is 20.2. The average molecular weight is 509 g/mol. The monoisotopic (exact) mass is 508 g/mol. The molecule has 0 bridgehead atoms. The van der Waals surface area contributed by atoms with Gasteiger partial charge in [0.25, 0.3) is 5.91 Å². The molecule has 0 unspecified atom stereocenters. The summed E-state index contributed by atoms with van der Waals surface area (Å²) in [4.78, 5) is 28.8. The molecule has 0 aliphatic heterocycles. The SMILES string of the molecule is CN(C)S(=O)(=O)c1ccc(C(=O)Nc2nc(CSCC(=O)Nc3ccc(F)cc3)cs2)cc1. The topological polar surface area (TPSA) is 108 Å². The Morgan fingerprint density at radius 1 is 1.06 bits per heavy atom. The number of nitrogens with zero attached hydrogens (tertiary/aromatic N) is 2. The maximum absolute atomic E-state index is 12.9. The summed E-state index contributed by atoms with van der Waals surface area (Å²) in [6.07, 6.45) is 0. The Hall–Kier alpha value is -2.80. The van der Waals surface area contributed by atoms with E-state index in [1.54, 1.807) is 5.38 Å². The number of amides is 2. The zero-order valence-electron chi connectivity index (χ0n) is 17.7. The Kier molecular flexibility index (Phi) is 8.19. The van der Waals surface area contributed by atoms with E-state index < -0.39 is 15.9 Å². The number of benzene rings is 2. The molecule has 0 spiro atoms. The Morgan fingerprint density at radius 2 is 1.73 bits per heavy atom. The lowest BCUT2D eigenvalue weighted by Crippen LogP contribution is -2.22. The molecule has 0 radical (unpaired) electrons. The van der Waals surface area contributed by atoms with Gasteiger partial charge in [-0.1, -0.05) is 0 Å². The van der Waals surface area contributed by atoms with Crippen LogP contribution in [0, 0.1) is 5.82 Å². The number of sulfonamides is 1. The van der Waals surface area contributed by atoms with Crippen molar-refractivity contribution >= 4 is 55.8 Å². The van der Waals surface area contributed by atoms with Crippen LogP contribution in [0.5, 0.6) is 0 Å². The van der Waals surface area contributed by atoms with Gasteiger partial charge in [-0.15, -0.1) is 23.1 Å². The molecule has 2 amide bonds. The van der Waals surface area contributed by atoms with E-state index in [4.69, 9.17) is 0 Å². The number of halogens is 1. The minimum atomic E-state index is -3.56. The van der Waals surface area contributed by atoms with Crippen LogP contribution >= 0.6 is 23.1 Å². The predicted molar refractivity (Wildman–Crippen MR) is 129 cm³/mol. The third-order valence-electron chi connectivity index (χ3n) is 4.28. The molecule has 174 valence electrons. The molecule has 0 aliphatic carbocycles. The number of thiazole rings is 1. The van der Waals surface area contributed by atoms with Gasteiger partial charge >= 0.3 is 0 Å². The molecule has 0 atom stereocenters. The zero-order chi connectivity index (χ0) is 24.0. The molecule has 0 saturated heterocycles. The summed E-state index contributed by atoms with van der Waals surface area (Å²) in [7, 11) is -0.691. The molecule has 1 aromatic heterocycles. The first-order chi connectivity index (χ1) is 15.6. The highest BCUT2D eigenvalue weighted by Gasteiger charge is 2.18. The van der Waals surface area contributed by atoms with Crippen molar-refractivity contribution in [3.05, 3.63) is 71.0 Å². The van der Waals surface area contributed by atoms with E-state index in [2.05, 4.69) is 15.6 Å². The van der Waals surface area contributed by atoms with E-state index in [9.17, 15) is 22.4 Å². The summed E-state index contributed by atoms with van der Waals surface area (Å²) >= 11 is 2.61. The van der Waals surface area contributed by atoms with Crippen molar-refractivity contribution in [3.8, 4) is 0 Å². The van der Waals surface area contributed by atoms with Crippen LogP contribution < -0.4 is 10.6 Å². The lowest BCUT2D eigenvalue weighted by Gasteiger charge is -2.11. The van der Waals surface area contributed by atoms with E-state index in [1.165, 1.54) is 85.7 Å². The fourth-order valence-electron chi connectivity index (χ4n) is 2.57. The Bertz CT molecular complexity index is 1230. The summed E-state index contributed by atoms with van der Waals surface area (Å²) in [5.74, 6) is -0.326. The first-order valence-electron chi connectivity index (χ1n) is 9.56. The molecule has 0 saturated carbocycles. The summed E-state index contributed by atoms with van der Waals surface area (Å²) in [6, 6.07) is 11.2. The summed E-state index contributed by atoms with van der Waals surface area (Å²) in [5.41, 5.74) is 1.53. The minimum Gasteiger partial charge on any atom is -0.325 e. The second-order valence-electron chi connectivity index (χ2n) is 6.96. The highest BCUT2D eigenvalue weighted by molar-refractivity contribution is 7.99. The summed E-state index contributed by atoms with van der Waals surface area (Å²) < 4.78 is 38.2. The van der Waals surface area contributed by atoms with Crippen LogP contribution in [0.3, 0.4) is 0 Å².